The summed E-state index contributed by atoms with van der Waals surface area (Å²) in [6, 6.07) is 0.767. The minimum Gasteiger partial charge on any atom is -0.465 e. The Hall–Kier alpha value is -0.610. The number of fused-ring (bicyclic) bond motifs is 1. The molecule has 3 aliphatic rings. The van der Waals surface area contributed by atoms with Crippen LogP contribution in [0.3, 0.4) is 0 Å². The number of nitrogens with two attached hydrogens (primary N) is 1. The smallest absolute Gasteiger partial charge is 0.314 e. The van der Waals surface area contributed by atoms with E-state index in [9.17, 15) is 4.79 Å². The normalized spacial score (nSPS) is 38.0. The second-order valence-corrected chi connectivity index (χ2v) is 6.95. The zero-order valence-electron chi connectivity index (χ0n) is 12.6. The third kappa shape index (κ3) is 3.34. The standard InChI is InChI=1S/C16H28N2O2/c19-16(13-5-3-8-17-11-13)20-12-14-6-4-10-18-9-2-1-7-15(14)18/h13-15,17H,1-12H2/p+2/t13-,14+,15+/m1/s1. The van der Waals surface area contributed by atoms with Gasteiger partial charge < -0.3 is 15.0 Å². The number of hydrogen-bond acceptors (Lipinski definition) is 2. The highest BCUT2D eigenvalue weighted by molar-refractivity contribution is 5.72. The number of nitrogens with one attached hydrogen (secondary N) is 1. The van der Waals surface area contributed by atoms with Crippen LogP contribution in [0.1, 0.15) is 44.9 Å². The van der Waals surface area contributed by atoms with Crippen LogP contribution in [0.5, 0.6) is 0 Å². The Morgan fingerprint density at radius 3 is 2.85 bits per heavy atom. The lowest BCUT2D eigenvalue weighted by Crippen LogP contribution is -3.18. The van der Waals surface area contributed by atoms with Crippen molar-refractivity contribution in [2.24, 2.45) is 11.8 Å². The molecule has 0 radical (unpaired) electrons. The molecule has 4 heteroatoms. The molecule has 1 unspecified atom stereocenters. The number of rotatable bonds is 3. The maximum Gasteiger partial charge on any atom is 0.314 e. The minimum absolute atomic E-state index is 0.0730. The van der Waals surface area contributed by atoms with Crippen LogP contribution in [0.15, 0.2) is 0 Å². The van der Waals surface area contributed by atoms with Crippen LogP contribution in [0.4, 0.5) is 0 Å². The molecule has 4 atom stereocenters. The van der Waals surface area contributed by atoms with Gasteiger partial charge in [0.2, 0.25) is 0 Å². The molecule has 4 nitrogen and oxygen atoms in total. The Balaban J connectivity index is 1.48. The van der Waals surface area contributed by atoms with E-state index in [2.05, 4.69) is 5.32 Å². The monoisotopic (exact) mass is 282 g/mol. The zero-order valence-corrected chi connectivity index (χ0v) is 12.6. The van der Waals surface area contributed by atoms with Gasteiger partial charge in [-0.3, -0.25) is 4.79 Å². The first-order valence-electron chi connectivity index (χ1n) is 8.67. The van der Waals surface area contributed by atoms with Crippen molar-refractivity contribution >= 4 is 5.97 Å². The molecule has 0 saturated carbocycles. The van der Waals surface area contributed by atoms with Crippen LogP contribution in [0, 0.1) is 11.8 Å². The lowest BCUT2D eigenvalue weighted by Gasteiger charge is -2.41. The molecule has 0 aromatic heterocycles. The summed E-state index contributed by atoms with van der Waals surface area (Å²) in [6.07, 6.45) is 8.86. The summed E-state index contributed by atoms with van der Waals surface area (Å²) in [5, 5.41) is 2.25. The number of esters is 1. The van der Waals surface area contributed by atoms with Gasteiger partial charge in [-0.1, -0.05) is 0 Å². The molecule has 114 valence electrons. The molecule has 0 aliphatic carbocycles. The van der Waals surface area contributed by atoms with Crippen molar-refractivity contribution in [1.29, 1.82) is 0 Å². The van der Waals surface area contributed by atoms with Gasteiger partial charge in [-0.15, -0.1) is 0 Å². The molecule has 20 heavy (non-hydrogen) atoms. The third-order valence-corrected chi connectivity index (χ3v) is 5.61. The summed E-state index contributed by atoms with van der Waals surface area (Å²) >= 11 is 0. The molecule has 0 bridgehead atoms. The summed E-state index contributed by atoms with van der Waals surface area (Å²) in [4.78, 5) is 13.9. The molecule has 3 saturated heterocycles. The Morgan fingerprint density at radius 2 is 2.00 bits per heavy atom. The van der Waals surface area contributed by atoms with Crippen molar-refractivity contribution in [3.63, 3.8) is 0 Å². The Labute approximate surface area is 122 Å². The van der Waals surface area contributed by atoms with E-state index in [0.29, 0.717) is 12.5 Å². The van der Waals surface area contributed by atoms with E-state index in [1.54, 1.807) is 4.90 Å². The quantitative estimate of drug-likeness (QED) is 0.676. The minimum atomic E-state index is 0.0730. The lowest BCUT2D eigenvalue weighted by molar-refractivity contribution is -0.940. The van der Waals surface area contributed by atoms with Gasteiger partial charge in [0.1, 0.15) is 5.92 Å². The van der Waals surface area contributed by atoms with E-state index >= 15 is 0 Å². The van der Waals surface area contributed by atoms with Crippen molar-refractivity contribution in [1.82, 2.24) is 0 Å². The largest absolute Gasteiger partial charge is 0.465 e. The summed E-state index contributed by atoms with van der Waals surface area (Å²) in [6.45, 7) is 5.47. The average Bonchev–Trinajstić information content (AvgIpc) is 2.53. The first-order valence-corrected chi connectivity index (χ1v) is 8.67. The van der Waals surface area contributed by atoms with Crippen LogP contribution in [-0.4, -0.2) is 44.8 Å². The van der Waals surface area contributed by atoms with Crippen LogP contribution < -0.4 is 10.2 Å². The van der Waals surface area contributed by atoms with Crippen molar-refractivity contribution in [2.75, 3.05) is 32.8 Å². The molecular weight excluding hydrogens is 252 g/mol. The molecular formula is C16H30N2O2+2. The van der Waals surface area contributed by atoms with Gasteiger partial charge in [0.15, 0.2) is 0 Å². The van der Waals surface area contributed by atoms with Gasteiger partial charge >= 0.3 is 5.97 Å². The highest BCUT2D eigenvalue weighted by Crippen LogP contribution is 2.21. The van der Waals surface area contributed by atoms with E-state index < -0.39 is 0 Å². The van der Waals surface area contributed by atoms with E-state index in [1.807, 2.05) is 0 Å². The summed E-state index contributed by atoms with van der Waals surface area (Å²) < 4.78 is 5.70. The van der Waals surface area contributed by atoms with Gasteiger partial charge in [0.05, 0.1) is 38.8 Å². The topological polar surface area (TPSA) is 47.4 Å². The van der Waals surface area contributed by atoms with Crippen molar-refractivity contribution in [3.8, 4) is 0 Å². The number of piperidine rings is 3. The van der Waals surface area contributed by atoms with Gasteiger partial charge in [0, 0.05) is 5.92 Å². The maximum absolute atomic E-state index is 12.2. The fourth-order valence-electron chi connectivity index (χ4n) is 4.44. The van der Waals surface area contributed by atoms with E-state index in [0.717, 1.165) is 25.4 Å². The van der Waals surface area contributed by atoms with Gasteiger partial charge in [-0.2, -0.15) is 0 Å². The van der Waals surface area contributed by atoms with Gasteiger partial charge in [-0.05, 0) is 44.9 Å². The second kappa shape index (κ2) is 6.90. The van der Waals surface area contributed by atoms with Gasteiger partial charge in [0.25, 0.3) is 0 Å². The fraction of sp³-hybridized carbons (Fsp3) is 0.938. The Kier molecular flexibility index (Phi) is 4.94. The number of hydrogen-bond donors (Lipinski definition) is 2. The maximum atomic E-state index is 12.2. The molecule has 0 aromatic rings. The second-order valence-electron chi connectivity index (χ2n) is 6.95. The molecule has 0 aromatic carbocycles. The molecule has 3 aliphatic heterocycles. The molecule has 3 heterocycles. The average molecular weight is 282 g/mol. The zero-order chi connectivity index (χ0) is 13.8. The third-order valence-electron chi connectivity index (χ3n) is 5.61. The van der Waals surface area contributed by atoms with Crippen molar-refractivity contribution in [2.45, 2.75) is 51.0 Å². The fourth-order valence-corrected chi connectivity index (χ4v) is 4.44. The van der Waals surface area contributed by atoms with Crippen LogP contribution in [0.2, 0.25) is 0 Å². The summed E-state index contributed by atoms with van der Waals surface area (Å²) in [5.74, 6) is 0.849. The highest BCUT2D eigenvalue weighted by Gasteiger charge is 2.37. The van der Waals surface area contributed by atoms with E-state index in [1.165, 1.54) is 51.7 Å². The van der Waals surface area contributed by atoms with Crippen LogP contribution in [0.25, 0.3) is 0 Å². The molecule has 0 spiro atoms. The van der Waals surface area contributed by atoms with Crippen molar-refractivity contribution in [3.05, 3.63) is 0 Å². The number of carbonyl (C=O) groups is 1. The summed E-state index contributed by atoms with van der Waals surface area (Å²) in [5.41, 5.74) is 0. The summed E-state index contributed by atoms with van der Waals surface area (Å²) in [7, 11) is 0. The number of quaternary nitrogens is 2. The molecule has 3 N–H and O–H groups in total. The highest BCUT2D eigenvalue weighted by atomic mass is 16.5. The Morgan fingerprint density at radius 1 is 1.10 bits per heavy atom. The molecule has 3 rings (SSSR count). The number of ether oxygens (including phenoxy) is 1. The SMILES string of the molecule is O=C(OC[C@@H]1CCC[NH+]2CCCC[C@@H]12)[C@@H]1CCC[NH2+]C1. The molecule has 0 amide bonds. The first kappa shape index (κ1) is 14.3. The molecule has 3 fully saturated rings. The van der Waals surface area contributed by atoms with Gasteiger partial charge in [-0.25, -0.2) is 0 Å². The predicted molar refractivity (Wildman–Crippen MR) is 76.4 cm³/mol. The van der Waals surface area contributed by atoms with E-state index in [-0.39, 0.29) is 11.9 Å². The number of carbonyl (C=O) groups excluding carboxylic acids is 1. The Bertz CT molecular complexity index is 326. The predicted octanol–water partition coefficient (Wildman–Crippen LogP) is -0.650. The van der Waals surface area contributed by atoms with Crippen molar-refractivity contribution < 1.29 is 19.7 Å². The first-order chi connectivity index (χ1) is 9.84. The van der Waals surface area contributed by atoms with E-state index in [4.69, 9.17) is 4.74 Å². The van der Waals surface area contributed by atoms with Crippen LogP contribution in [-0.2, 0) is 9.53 Å². The lowest BCUT2D eigenvalue weighted by atomic mass is 9.84. The van der Waals surface area contributed by atoms with Crippen LogP contribution >= 0.6 is 0 Å².